The number of benzene rings is 3. The number of amides is 2. The number of nitrogens with zero attached hydrogens (tertiary/aromatic N) is 1. The van der Waals surface area contributed by atoms with Gasteiger partial charge in [-0.1, -0.05) is 101 Å². The number of nitro groups is 1. The van der Waals surface area contributed by atoms with Crippen LogP contribution in [0.25, 0.3) is 0 Å². The number of nitro benzene ring substituents is 1. The number of hydrogen-bond donors (Lipinski definition) is 6. The van der Waals surface area contributed by atoms with E-state index in [1.807, 2.05) is 81.4 Å². The molecule has 0 unspecified atom stereocenters. The minimum Gasteiger partial charge on any atom is -0.460 e. The van der Waals surface area contributed by atoms with Crippen LogP contribution in [0.15, 0.2) is 84.9 Å². The number of nitrogens with one attached hydrogen (secondary N) is 2. The highest BCUT2D eigenvalue weighted by Gasteiger charge is 2.36. The van der Waals surface area contributed by atoms with E-state index in [1.54, 1.807) is 180 Å². The van der Waals surface area contributed by atoms with Gasteiger partial charge in [0.1, 0.15) is 93.0 Å². The van der Waals surface area contributed by atoms with Crippen molar-refractivity contribution in [1.82, 2.24) is 10.6 Å². The molecule has 0 heterocycles. The van der Waals surface area contributed by atoms with Gasteiger partial charge in [0.05, 0.1) is 28.6 Å². The van der Waals surface area contributed by atoms with E-state index in [1.165, 1.54) is 24.3 Å². The van der Waals surface area contributed by atoms with Crippen LogP contribution in [0.5, 0.6) is 5.75 Å². The highest BCUT2D eigenvalue weighted by molar-refractivity contribution is 6.61. The van der Waals surface area contributed by atoms with Gasteiger partial charge in [0.25, 0.3) is 5.69 Å². The number of carbonyl (C=O) groups is 14. The van der Waals surface area contributed by atoms with Crippen LogP contribution in [0.2, 0.25) is 0 Å². The maximum absolute atomic E-state index is 13.2. The first-order valence-corrected chi connectivity index (χ1v) is 47.4. The smallest absolute Gasteiger partial charge is 0.409 e. The number of esters is 9. The highest BCUT2D eigenvalue weighted by atomic mass is 35.5. The molecule has 6 atom stereocenters. The fourth-order valence-corrected chi connectivity index (χ4v) is 11.3. The van der Waals surface area contributed by atoms with E-state index in [9.17, 15) is 77.2 Å². The van der Waals surface area contributed by atoms with Crippen molar-refractivity contribution in [2.75, 3.05) is 26.7 Å². The molecular weight excluding hydrogens is 1890 g/mol. The van der Waals surface area contributed by atoms with Crippen LogP contribution in [0.4, 0.5) is 20.1 Å². The number of hydrogen-bond acceptors (Lipinski definition) is 32. The number of ketones is 2. The van der Waals surface area contributed by atoms with Crippen molar-refractivity contribution in [3.8, 4) is 5.75 Å². The lowest BCUT2D eigenvalue weighted by Gasteiger charge is -2.25. The first kappa shape index (κ1) is 140. The monoisotopic (exact) mass is 2070 g/mol. The molecule has 3 aromatic rings. The topological polar surface area (TPSA) is 515 Å². The van der Waals surface area contributed by atoms with Crippen molar-refractivity contribution in [1.29, 1.82) is 0 Å². The molecule has 9 N–H and O–H groups in total. The van der Waals surface area contributed by atoms with Gasteiger partial charge >= 0.3 is 71.3 Å². The van der Waals surface area contributed by atoms with E-state index in [-0.39, 0.29) is 131 Å². The van der Waals surface area contributed by atoms with Gasteiger partial charge < -0.3 is 89.8 Å². The van der Waals surface area contributed by atoms with Gasteiger partial charge in [-0.25, -0.2) is 14.4 Å². The lowest BCUT2D eigenvalue weighted by Crippen LogP contribution is -2.38. The maximum atomic E-state index is 13.2. The van der Waals surface area contributed by atoms with Crippen molar-refractivity contribution in [3.05, 3.63) is 106 Å². The van der Waals surface area contributed by atoms with Crippen LogP contribution >= 0.6 is 36.4 Å². The molecule has 0 spiro atoms. The molecule has 141 heavy (non-hydrogen) atoms. The molecule has 0 aliphatic rings. The van der Waals surface area contributed by atoms with Crippen LogP contribution in [0.3, 0.4) is 0 Å². The minimum absolute atomic E-state index is 0. The second-order valence-electron chi connectivity index (χ2n) is 40.8. The summed E-state index contributed by atoms with van der Waals surface area (Å²) in [6.07, 6.45) is 4.39. The second-order valence-corrected chi connectivity index (χ2v) is 41.1. The van der Waals surface area contributed by atoms with Gasteiger partial charge in [0, 0.05) is 91.6 Å². The Hall–Kier alpha value is -9.65. The summed E-state index contributed by atoms with van der Waals surface area (Å²) in [5.74, 6) is -7.57. The first-order chi connectivity index (χ1) is 64.7. The number of carbonyl (C=O) groups excluding carboxylic acids is 14. The molecule has 3 rings (SSSR count). The van der Waals surface area contributed by atoms with E-state index >= 15 is 0 Å². The molecule has 812 valence electrons. The molecule has 0 aromatic heterocycles. The highest BCUT2D eigenvalue weighted by Crippen LogP contribution is 2.29. The Morgan fingerprint density at radius 2 is 0.624 bits per heavy atom. The number of halogens is 3. The van der Waals surface area contributed by atoms with Gasteiger partial charge in [-0.05, 0) is 281 Å². The Balaban J connectivity index is -0.000000332. The molecule has 0 radical (unpaired) electrons. The first-order valence-electron chi connectivity index (χ1n) is 48.4. The quantitative estimate of drug-likeness (QED) is 0.00765. The third kappa shape index (κ3) is 89.0. The Kier molecular flexibility index (Phi) is 73.6. The molecule has 0 bridgehead atoms. The fourth-order valence-electron chi connectivity index (χ4n) is 11.2. The number of nitrogens with two attached hydrogens (primary N) is 3. The Morgan fingerprint density at radius 1 is 0.376 bits per heavy atom. The van der Waals surface area contributed by atoms with E-state index in [4.69, 9.17) is 88.8 Å². The number of aliphatic hydroxyl groups excluding tert-OH is 1. The zero-order valence-corrected chi connectivity index (χ0v) is 92.1. The number of rotatable bonds is 43. The van der Waals surface area contributed by atoms with Gasteiger partial charge in [-0.3, -0.25) is 62.9 Å². The van der Waals surface area contributed by atoms with E-state index in [2.05, 4.69) is 15.4 Å². The lowest BCUT2D eigenvalue weighted by molar-refractivity contribution is -0.384. The summed E-state index contributed by atoms with van der Waals surface area (Å²) in [4.78, 5) is 180. The van der Waals surface area contributed by atoms with Crippen LogP contribution in [-0.4, -0.2) is 182 Å². The molecule has 0 fully saturated rings. The molecule has 0 saturated heterocycles. The summed E-state index contributed by atoms with van der Waals surface area (Å²) in [5, 5.41) is 22.6. The average Bonchev–Trinajstić information content (AvgIpc) is 0.863. The zero-order chi connectivity index (χ0) is 110. The summed E-state index contributed by atoms with van der Waals surface area (Å²) < 4.78 is 75.4. The molecule has 3 aromatic carbocycles. The van der Waals surface area contributed by atoms with Gasteiger partial charge in [-0.2, -0.15) is 0 Å². The third-order valence-electron chi connectivity index (χ3n) is 16.7. The van der Waals surface area contributed by atoms with E-state index < -0.39 is 156 Å². The SMILES string of the molecule is CC(C)(C)OC(=O)CC[C@H](CC(=O)C[C@@H](CCCCN)C(=O)OC(C)(C)C)C(=O)OC(C)(C)C.CC(C)(C)OC(=O)CC[C@H](CC(=O)C[C@@H](CCCCNC(=O)OCc1ccccc1)C(=O)OC(C)(C)C)C(=O)OC(C)(C)C.CC(C)(C)OC(=O)CC[C@H](N)C(=O)OC(C)(C)C.CC(C)(C)OC(=O)[C@@H](N)CCCCNC(=O)OCc1ccccc1.CO.Cl.Cl.O=C(Cl)Oc1ccc([N+](=O)[O-])cc1.[2H]CC.[2H]CC. The normalized spacial score (nSPS) is 12.6. The molecule has 38 heteroatoms. The predicted octanol–water partition coefficient (Wildman–Crippen LogP) is 20.3. The standard InChI is InChI=1S/C34H53NO9.C26H47NO7.C18H28N2O4.C13H25NO4.C7H4ClNO4.2C2H6.CH4O.2ClH/c1-32(2,3)42-28(37)19-18-26(30(39)44-34(7,8)9)22-27(36)21-25(29(38)43-33(4,5)6)17-13-14-20-35-31(40)41-23-24-15-11-10-12-16-24;1-24(2,3)32-21(29)14-13-19(23(31)34-26(7,8)9)17-20(28)16-18(12-10-11-15-27)22(30)33-25(4,5)6;1-18(2,3)24-16(21)15(19)11-7-8-12-20-17(22)23-13-14-9-5-4-6-10-14;1-12(2,3)17-10(15)8-7-9(14)11(16)18-13(4,5)6;8-7(10)13-6-3-1-5(2-4-6)9(11)12;3*1-2;;/h10-12,15-16,25-26H,13-14,17-23H2,1-9H3,(H,35,40);18-19H,10-17,27H2,1-9H3;4-6,9-10,15H,7-8,11-13,19H2,1-3H3,(H,20,22);9H,7-8,14H2,1-6H3;1-4H;2*1-2H3;2H,1H3;2*1H/t25-,26-;18-,19-;15-;9-;;;;;;/m1100....../s1/i;;;;;2*1D;;;. The van der Waals surface area contributed by atoms with Gasteiger partial charge in [0.2, 0.25) is 0 Å². The summed E-state index contributed by atoms with van der Waals surface area (Å²) in [6.45, 7) is 54.0. The van der Waals surface area contributed by atoms with Crippen molar-refractivity contribution in [3.63, 3.8) is 0 Å². The fraction of sp³-hybridized carbons (Fsp3) is 0.689. The Morgan fingerprint density at radius 3 is 0.887 bits per heavy atom. The third-order valence-corrected chi connectivity index (χ3v) is 16.8. The van der Waals surface area contributed by atoms with Crippen LogP contribution in [0, 0.1) is 33.8 Å². The molecule has 35 nitrogen and oxygen atoms in total. The van der Waals surface area contributed by atoms with E-state index in [0.29, 0.717) is 72.0 Å². The summed E-state index contributed by atoms with van der Waals surface area (Å²) in [5.41, 5.74) is 11.9. The maximum Gasteiger partial charge on any atom is 0.409 e. The summed E-state index contributed by atoms with van der Waals surface area (Å²) in [6, 6.07) is 22.4. The number of aliphatic hydroxyl groups is 1. The number of alkyl carbamates (subject to hydrolysis) is 2. The van der Waals surface area contributed by atoms with Crippen molar-refractivity contribution < 1.29 is 137 Å². The summed E-state index contributed by atoms with van der Waals surface area (Å²) >= 11 is 4.92. The van der Waals surface area contributed by atoms with Gasteiger partial charge in [0.15, 0.2) is 0 Å². The van der Waals surface area contributed by atoms with E-state index in [0.717, 1.165) is 37.5 Å². The largest absolute Gasteiger partial charge is 0.460 e. The molecular formula is C103H175Cl3N6O29. The van der Waals surface area contributed by atoms with Crippen LogP contribution in [-0.2, 0) is 118 Å². The lowest BCUT2D eigenvalue weighted by atomic mass is 9.90. The second kappa shape index (κ2) is 74.3. The number of unbranched alkanes of at least 4 members (excludes halogenated alkanes) is 3. The Bertz CT molecular complexity index is 4130. The zero-order valence-electron chi connectivity index (χ0n) is 91.7. The number of non-ortho nitro benzene ring substituents is 1. The predicted molar refractivity (Wildman–Crippen MR) is 549 cm³/mol. The molecule has 0 aliphatic heterocycles. The summed E-state index contributed by atoms with van der Waals surface area (Å²) in [7, 11) is 1.00. The number of ether oxygens (including phenoxy) is 12. The molecule has 0 aliphatic carbocycles. The minimum atomic E-state index is -0.978. The van der Waals surface area contributed by atoms with Crippen LogP contribution in [0.1, 0.15) is 350 Å². The van der Waals surface area contributed by atoms with Crippen molar-refractivity contribution in [2.24, 2.45) is 40.9 Å². The van der Waals surface area contributed by atoms with Crippen molar-refractivity contribution in [2.45, 2.75) is 412 Å². The van der Waals surface area contributed by atoms with Gasteiger partial charge in [-0.15, -0.1) is 24.8 Å². The molecule has 0 saturated carbocycles. The Labute approximate surface area is 859 Å². The average molecular weight is 2070 g/mol. The molecule has 2 amide bonds. The van der Waals surface area contributed by atoms with Crippen LogP contribution < -0.4 is 32.6 Å². The van der Waals surface area contributed by atoms with Crippen molar-refractivity contribution >= 4 is 125 Å². The number of Topliss-reactive ketones (excluding diaryl/α,β-unsaturated/α-hetero) is 2.